The van der Waals surface area contributed by atoms with Crippen LogP contribution in [0.4, 0.5) is 13.2 Å². The van der Waals surface area contributed by atoms with Crippen molar-refractivity contribution in [2.75, 3.05) is 13.1 Å². The van der Waals surface area contributed by atoms with Gasteiger partial charge in [0.05, 0.1) is 27.4 Å². The predicted octanol–water partition coefficient (Wildman–Crippen LogP) is 5.34. The number of piperidine rings is 1. The number of carbonyl (C=O) groups excluding carboxylic acids is 2. The number of nitrogens with zero attached hydrogens (tertiary/aromatic N) is 3. The number of carbonyl (C=O) groups is 3. The summed E-state index contributed by atoms with van der Waals surface area (Å²) in [6, 6.07) is 5.12. The Hall–Kier alpha value is -3.31. The SMILES string of the molecule is Cn1c(C(=O)c2c(Cl)ncc(C(=O)N3CCC(CC(=O)O)CC3)c2Cl)cc2ccc(OC(F)(F)F)cc21. The molecular formula is C24H20Cl2F3N3O5. The van der Waals surface area contributed by atoms with Gasteiger partial charge in [-0.25, -0.2) is 4.98 Å². The molecule has 2 aromatic heterocycles. The van der Waals surface area contributed by atoms with Crippen molar-refractivity contribution >= 4 is 51.8 Å². The summed E-state index contributed by atoms with van der Waals surface area (Å²) in [7, 11) is 1.48. The molecule has 1 aliphatic rings. The summed E-state index contributed by atoms with van der Waals surface area (Å²) < 4.78 is 43.2. The largest absolute Gasteiger partial charge is 0.573 e. The Kier molecular flexibility index (Phi) is 7.38. The maximum atomic E-state index is 13.5. The van der Waals surface area contributed by atoms with Crippen LogP contribution in [0.15, 0.2) is 30.5 Å². The number of benzene rings is 1. The van der Waals surface area contributed by atoms with Gasteiger partial charge >= 0.3 is 12.3 Å². The number of alkyl halides is 3. The van der Waals surface area contributed by atoms with E-state index in [2.05, 4.69) is 9.72 Å². The summed E-state index contributed by atoms with van der Waals surface area (Å²) in [5, 5.41) is 9.01. The lowest BCUT2D eigenvalue weighted by Gasteiger charge is -2.31. The molecule has 0 saturated carbocycles. The molecule has 0 bridgehead atoms. The van der Waals surface area contributed by atoms with Crippen molar-refractivity contribution in [3.63, 3.8) is 0 Å². The van der Waals surface area contributed by atoms with Crippen molar-refractivity contribution in [2.45, 2.75) is 25.6 Å². The molecule has 1 aliphatic heterocycles. The van der Waals surface area contributed by atoms with Crippen LogP contribution in [0, 0.1) is 5.92 Å². The average Bonchev–Trinajstić information content (AvgIpc) is 3.13. The highest BCUT2D eigenvalue weighted by molar-refractivity contribution is 6.42. The highest BCUT2D eigenvalue weighted by Crippen LogP contribution is 2.33. The molecule has 1 aromatic carbocycles. The third-order valence-electron chi connectivity index (χ3n) is 6.27. The van der Waals surface area contributed by atoms with Crippen LogP contribution in [0.1, 0.15) is 45.7 Å². The van der Waals surface area contributed by atoms with Gasteiger partial charge in [-0.3, -0.25) is 14.4 Å². The smallest absolute Gasteiger partial charge is 0.481 e. The van der Waals surface area contributed by atoms with Crippen LogP contribution < -0.4 is 4.74 Å². The van der Waals surface area contributed by atoms with Crippen molar-refractivity contribution in [1.29, 1.82) is 0 Å². The van der Waals surface area contributed by atoms with Gasteiger partial charge in [0, 0.05) is 44.2 Å². The van der Waals surface area contributed by atoms with Crippen LogP contribution >= 0.6 is 23.2 Å². The third-order valence-corrected chi connectivity index (χ3v) is 6.95. The van der Waals surface area contributed by atoms with Crippen LogP contribution in [0.2, 0.25) is 10.2 Å². The monoisotopic (exact) mass is 557 g/mol. The quantitative estimate of drug-likeness (QED) is 0.324. The van der Waals surface area contributed by atoms with E-state index in [0.717, 1.165) is 12.1 Å². The minimum absolute atomic E-state index is 0.0266. The number of halogens is 5. The normalized spacial score (nSPS) is 14.7. The van der Waals surface area contributed by atoms with Crippen molar-refractivity contribution in [1.82, 2.24) is 14.5 Å². The van der Waals surface area contributed by atoms with Gasteiger partial charge in [0.25, 0.3) is 5.91 Å². The van der Waals surface area contributed by atoms with Gasteiger partial charge in [0.2, 0.25) is 5.78 Å². The van der Waals surface area contributed by atoms with E-state index >= 15 is 0 Å². The number of fused-ring (bicyclic) bond motifs is 1. The van der Waals surface area contributed by atoms with Crippen molar-refractivity contribution < 1.29 is 37.4 Å². The number of aliphatic carboxylic acids is 1. The van der Waals surface area contributed by atoms with E-state index in [1.165, 1.54) is 34.8 Å². The first-order valence-electron chi connectivity index (χ1n) is 11.1. The lowest BCUT2D eigenvalue weighted by molar-refractivity contribution is -0.274. The molecule has 1 N–H and O–H groups in total. The second-order valence-electron chi connectivity index (χ2n) is 8.67. The minimum Gasteiger partial charge on any atom is -0.481 e. The molecule has 13 heteroatoms. The van der Waals surface area contributed by atoms with E-state index in [1.54, 1.807) is 0 Å². The number of rotatable bonds is 6. The zero-order chi connectivity index (χ0) is 27.1. The van der Waals surface area contributed by atoms with E-state index in [4.69, 9.17) is 28.3 Å². The molecule has 0 aliphatic carbocycles. The van der Waals surface area contributed by atoms with Gasteiger partial charge in [-0.05, 0) is 37.0 Å². The maximum absolute atomic E-state index is 13.5. The highest BCUT2D eigenvalue weighted by Gasteiger charge is 2.32. The van der Waals surface area contributed by atoms with Crippen LogP contribution in [0.5, 0.6) is 5.75 Å². The standard InChI is InChI=1S/C24H20Cl2F3N3O5/c1-31-16-10-14(37-24(27,28)29)3-2-13(16)9-17(31)21(35)19-20(25)15(11-30-22(19)26)23(36)32-6-4-12(5-7-32)8-18(33)34/h2-3,9-12H,4-8H2,1H3,(H,33,34). The fourth-order valence-electron chi connectivity index (χ4n) is 4.42. The number of likely N-dealkylation sites (tertiary alicyclic amines) is 1. The number of carboxylic acid groups (broad SMARTS) is 1. The number of pyridine rings is 1. The molecular weight excluding hydrogens is 538 g/mol. The Balaban J connectivity index is 1.63. The van der Waals surface area contributed by atoms with Crippen molar-refractivity contribution in [3.05, 3.63) is 57.5 Å². The number of aromatic nitrogens is 2. The summed E-state index contributed by atoms with van der Waals surface area (Å²) in [6.07, 6.45) is -2.65. The number of aryl methyl sites for hydroxylation is 1. The molecule has 37 heavy (non-hydrogen) atoms. The van der Waals surface area contributed by atoms with Gasteiger partial charge in [-0.15, -0.1) is 13.2 Å². The molecule has 1 fully saturated rings. The zero-order valence-electron chi connectivity index (χ0n) is 19.3. The van der Waals surface area contributed by atoms with E-state index in [9.17, 15) is 27.6 Å². The fourth-order valence-corrected chi connectivity index (χ4v) is 5.00. The number of hydrogen-bond donors (Lipinski definition) is 1. The highest BCUT2D eigenvalue weighted by atomic mass is 35.5. The predicted molar refractivity (Wildman–Crippen MR) is 128 cm³/mol. The Morgan fingerprint density at radius 3 is 2.46 bits per heavy atom. The van der Waals surface area contributed by atoms with Gasteiger partial charge in [-0.2, -0.15) is 0 Å². The molecule has 1 amide bonds. The first-order chi connectivity index (χ1) is 17.4. The number of hydrogen-bond acceptors (Lipinski definition) is 5. The second kappa shape index (κ2) is 10.2. The molecule has 0 spiro atoms. The summed E-state index contributed by atoms with van der Waals surface area (Å²) in [5.41, 5.74) is 0.101. The summed E-state index contributed by atoms with van der Waals surface area (Å²) >= 11 is 12.7. The van der Waals surface area contributed by atoms with Gasteiger partial charge in [0.15, 0.2) is 0 Å². The van der Waals surface area contributed by atoms with E-state index < -0.39 is 29.8 Å². The van der Waals surface area contributed by atoms with Crippen LogP contribution in [0.25, 0.3) is 10.9 Å². The zero-order valence-corrected chi connectivity index (χ0v) is 20.8. The van der Waals surface area contributed by atoms with Crippen LogP contribution in [0.3, 0.4) is 0 Å². The third kappa shape index (κ3) is 5.67. The molecule has 196 valence electrons. The molecule has 0 atom stereocenters. The molecule has 3 heterocycles. The molecule has 3 aromatic rings. The second-order valence-corrected chi connectivity index (χ2v) is 9.41. The van der Waals surface area contributed by atoms with Gasteiger partial charge < -0.3 is 19.3 Å². The van der Waals surface area contributed by atoms with Crippen molar-refractivity contribution in [3.8, 4) is 5.75 Å². The minimum atomic E-state index is -4.87. The van der Waals surface area contributed by atoms with Crippen LogP contribution in [-0.4, -0.2) is 56.7 Å². The molecule has 0 radical (unpaired) electrons. The first kappa shape index (κ1) is 26.7. The van der Waals surface area contributed by atoms with Crippen molar-refractivity contribution in [2.24, 2.45) is 13.0 Å². The topological polar surface area (TPSA) is 102 Å². The molecule has 1 saturated heterocycles. The number of amides is 1. The maximum Gasteiger partial charge on any atom is 0.573 e. The summed E-state index contributed by atoms with van der Waals surface area (Å²) in [6.45, 7) is 0.648. The van der Waals surface area contributed by atoms with Crippen LogP contribution in [-0.2, 0) is 11.8 Å². The van der Waals surface area contributed by atoms with E-state index in [1.807, 2.05) is 0 Å². The van der Waals surface area contributed by atoms with E-state index in [0.29, 0.717) is 36.8 Å². The molecule has 8 nitrogen and oxygen atoms in total. The number of ketones is 1. The lowest BCUT2D eigenvalue weighted by atomic mass is 9.93. The van der Waals surface area contributed by atoms with Gasteiger partial charge in [0.1, 0.15) is 10.9 Å². The Morgan fingerprint density at radius 2 is 1.84 bits per heavy atom. The number of carboxylic acids is 1. The average molecular weight is 558 g/mol. The number of ether oxygens (including phenoxy) is 1. The van der Waals surface area contributed by atoms with E-state index in [-0.39, 0.29) is 39.3 Å². The Labute approximate surface area is 218 Å². The summed E-state index contributed by atoms with van der Waals surface area (Å²) in [5.74, 6) is -2.52. The summed E-state index contributed by atoms with van der Waals surface area (Å²) in [4.78, 5) is 43.1. The Morgan fingerprint density at radius 1 is 1.16 bits per heavy atom. The molecule has 0 unspecified atom stereocenters. The van der Waals surface area contributed by atoms with Gasteiger partial charge in [-0.1, -0.05) is 23.2 Å². The first-order valence-corrected chi connectivity index (χ1v) is 11.9. The molecule has 4 rings (SSSR count). The Bertz CT molecular complexity index is 1400. The fraction of sp³-hybridized carbons (Fsp3) is 0.333. The lowest BCUT2D eigenvalue weighted by Crippen LogP contribution is -2.39.